The van der Waals surface area contributed by atoms with Gasteiger partial charge in [-0.3, -0.25) is 14.5 Å². The predicted octanol–water partition coefficient (Wildman–Crippen LogP) is 3.53. The fourth-order valence-electron chi connectivity index (χ4n) is 3.64. The molecule has 31 heavy (non-hydrogen) atoms. The number of anilines is 1. The van der Waals surface area contributed by atoms with Gasteiger partial charge in [0.2, 0.25) is 5.91 Å². The molecule has 1 unspecified atom stereocenters. The molecule has 0 spiro atoms. The Kier molecular flexibility index (Phi) is 6.43. The number of hydrogen-bond acceptors (Lipinski definition) is 4. The van der Waals surface area contributed by atoms with Crippen molar-refractivity contribution in [1.82, 2.24) is 10.2 Å². The Labute approximate surface area is 186 Å². The molecule has 1 aliphatic rings. The highest BCUT2D eigenvalue weighted by Crippen LogP contribution is 2.28. The van der Waals surface area contributed by atoms with Crippen LogP contribution in [0.5, 0.6) is 0 Å². The minimum atomic E-state index is -0.686. The van der Waals surface area contributed by atoms with Crippen LogP contribution in [0.2, 0.25) is 0 Å². The monoisotopic (exact) mass is 433 g/mol. The van der Waals surface area contributed by atoms with Crippen LogP contribution in [-0.2, 0) is 22.6 Å². The first kappa shape index (κ1) is 20.8. The van der Waals surface area contributed by atoms with Crippen LogP contribution >= 0.6 is 12.2 Å². The van der Waals surface area contributed by atoms with Gasteiger partial charge in [-0.05, 0) is 48.5 Å². The second-order valence-electron chi connectivity index (χ2n) is 7.30. The maximum atomic E-state index is 13.3. The van der Waals surface area contributed by atoms with Crippen LogP contribution in [0, 0.1) is 0 Å². The maximum absolute atomic E-state index is 13.3. The second kappa shape index (κ2) is 9.57. The number of hydrogen-bond donors (Lipinski definition) is 1. The van der Waals surface area contributed by atoms with Crippen molar-refractivity contribution < 1.29 is 14.0 Å². The van der Waals surface area contributed by atoms with Gasteiger partial charge in [0, 0.05) is 6.54 Å². The molecule has 1 aromatic heterocycles. The number of amides is 2. The largest absolute Gasteiger partial charge is 0.467 e. The molecule has 158 valence electrons. The molecule has 6 nitrogen and oxygen atoms in total. The van der Waals surface area contributed by atoms with Crippen molar-refractivity contribution in [3.05, 3.63) is 90.4 Å². The molecule has 0 bridgehead atoms. The summed E-state index contributed by atoms with van der Waals surface area (Å²) in [6.07, 6.45) is 2.34. The topological polar surface area (TPSA) is 65.8 Å². The summed E-state index contributed by atoms with van der Waals surface area (Å²) in [7, 11) is 0. The first-order valence-electron chi connectivity index (χ1n) is 10.2. The molecule has 1 N–H and O–H groups in total. The summed E-state index contributed by atoms with van der Waals surface area (Å²) in [5, 5.41) is 3.29. The average molecular weight is 434 g/mol. The summed E-state index contributed by atoms with van der Waals surface area (Å²) in [4.78, 5) is 29.2. The molecule has 7 heteroatoms. The van der Waals surface area contributed by atoms with E-state index < -0.39 is 6.04 Å². The van der Waals surface area contributed by atoms with Crippen LogP contribution in [0.1, 0.15) is 17.7 Å². The number of para-hydroxylation sites is 1. The number of carbonyl (C=O) groups excluding carboxylic acids is 2. The van der Waals surface area contributed by atoms with Gasteiger partial charge in [-0.1, -0.05) is 48.5 Å². The van der Waals surface area contributed by atoms with Gasteiger partial charge in [0.05, 0.1) is 24.9 Å². The number of furan rings is 1. The molecule has 0 radical (unpaired) electrons. The van der Waals surface area contributed by atoms with Gasteiger partial charge in [-0.15, -0.1) is 0 Å². The van der Waals surface area contributed by atoms with Crippen LogP contribution in [0.25, 0.3) is 0 Å². The average Bonchev–Trinajstić information content (AvgIpc) is 3.38. The van der Waals surface area contributed by atoms with Crippen molar-refractivity contribution in [1.29, 1.82) is 0 Å². The first-order chi connectivity index (χ1) is 15.1. The zero-order valence-electron chi connectivity index (χ0n) is 16.9. The first-order valence-corrected chi connectivity index (χ1v) is 10.6. The Morgan fingerprint density at radius 3 is 2.39 bits per heavy atom. The minimum absolute atomic E-state index is 0.0256. The summed E-state index contributed by atoms with van der Waals surface area (Å²) in [6, 6.07) is 22.1. The fourth-order valence-corrected chi connectivity index (χ4v) is 4.02. The van der Waals surface area contributed by atoms with E-state index >= 15 is 0 Å². The van der Waals surface area contributed by atoms with Crippen molar-refractivity contribution in [2.24, 2.45) is 0 Å². The SMILES string of the molecule is O=C(CC1C(=O)N(c2ccccc2)C(=S)N1Cc1ccco1)NCCc1ccccc1. The van der Waals surface area contributed by atoms with Gasteiger partial charge in [-0.2, -0.15) is 0 Å². The Morgan fingerprint density at radius 2 is 1.71 bits per heavy atom. The van der Waals surface area contributed by atoms with Crippen LogP contribution in [-0.4, -0.2) is 34.4 Å². The van der Waals surface area contributed by atoms with E-state index in [2.05, 4.69) is 5.32 Å². The van der Waals surface area contributed by atoms with E-state index in [4.69, 9.17) is 16.6 Å². The number of nitrogens with one attached hydrogen (secondary N) is 1. The van der Waals surface area contributed by atoms with Crippen LogP contribution in [0.3, 0.4) is 0 Å². The summed E-state index contributed by atoms with van der Waals surface area (Å²) in [5.41, 5.74) is 1.84. The molecule has 1 fully saturated rings. The van der Waals surface area contributed by atoms with Gasteiger partial charge < -0.3 is 14.6 Å². The van der Waals surface area contributed by atoms with Gasteiger partial charge >= 0.3 is 0 Å². The van der Waals surface area contributed by atoms with E-state index in [1.807, 2.05) is 66.7 Å². The number of nitrogens with zero attached hydrogens (tertiary/aromatic N) is 2. The lowest BCUT2D eigenvalue weighted by Crippen LogP contribution is -2.39. The van der Waals surface area contributed by atoms with E-state index in [9.17, 15) is 9.59 Å². The highest BCUT2D eigenvalue weighted by molar-refractivity contribution is 7.80. The molecule has 1 atom stereocenters. The molecule has 1 saturated heterocycles. The maximum Gasteiger partial charge on any atom is 0.256 e. The molecule has 1 aliphatic heterocycles. The Morgan fingerprint density at radius 1 is 1.00 bits per heavy atom. The highest BCUT2D eigenvalue weighted by atomic mass is 32.1. The lowest BCUT2D eigenvalue weighted by molar-refractivity contribution is -0.127. The van der Waals surface area contributed by atoms with E-state index in [1.165, 1.54) is 4.90 Å². The highest BCUT2D eigenvalue weighted by Gasteiger charge is 2.44. The molecular formula is C24H23N3O3S. The van der Waals surface area contributed by atoms with Gasteiger partial charge in [0.15, 0.2) is 5.11 Å². The zero-order valence-corrected chi connectivity index (χ0v) is 17.8. The third-order valence-electron chi connectivity index (χ3n) is 5.20. The molecule has 2 aromatic carbocycles. The second-order valence-corrected chi connectivity index (χ2v) is 7.67. The standard InChI is InChI=1S/C24H23N3O3S/c28-22(25-14-13-18-8-3-1-4-9-18)16-21-23(29)27(19-10-5-2-6-11-19)24(31)26(21)17-20-12-7-15-30-20/h1-12,15,21H,13-14,16-17H2,(H,25,28). The molecular weight excluding hydrogens is 410 g/mol. The molecule has 0 aliphatic carbocycles. The summed E-state index contributed by atoms with van der Waals surface area (Å²) in [6.45, 7) is 0.831. The van der Waals surface area contributed by atoms with Gasteiger partial charge in [0.25, 0.3) is 5.91 Å². The van der Waals surface area contributed by atoms with E-state index in [1.54, 1.807) is 17.2 Å². The number of benzene rings is 2. The smallest absolute Gasteiger partial charge is 0.256 e. The molecule has 4 rings (SSSR count). The van der Waals surface area contributed by atoms with Crippen LogP contribution in [0.15, 0.2) is 83.5 Å². The number of rotatable bonds is 8. The Hall–Kier alpha value is -3.45. The lowest BCUT2D eigenvalue weighted by Gasteiger charge is -2.22. The van der Waals surface area contributed by atoms with Gasteiger partial charge in [0.1, 0.15) is 11.8 Å². The van der Waals surface area contributed by atoms with E-state index in [-0.39, 0.29) is 18.2 Å². The van der Waals surface area contributed by atoms with Crippen molar-refractivity contribution in [3.63, 3.8) is 0 Å². The normalized spacial score (nSPS) is 16.1. The quantitative estimate of drug-likeness (QED) is 0.551. The fraction of sp³-hybridized carbons (Fsp3) is 0.208. The number of thiocarbonyl (C=S) groups is 1. The zero-order chi connectivity index (χ0) is 21.6. The van der Waals surface area contributed by atoms with Crippen molar-refractivity contribution >= 4 is 34.8 Å². The Bertz CT molecular complexity index is 1040. The van der Waals surface area contributed by atoms with Crippen molar-refractivity contribution in [3.8, 4) is 0 Å². The summed E-state index contributed by atoms with van der Waals surface area (Å²) in [5.74, 6) is 0.289. The summed E-state index contributed by atoms with van der Waals surface area (Å²) >= 11 is 5.63. The third kappa shape index (κ3) is 4.83. The molecule has 0 saturated carbocycles. The molecule has 3 aromatic rings. The molecule has 2 heterocycles. The van der Waals surface area contributed by atoms with Crippen molar-refractivity contribution in [2.45, 2.75) is 25.4 Å². The molecule has 2 amide bonds. The summed E-state index contributed by atoms with van der Waals surface area (Å²) < 4.78 is 5.46. The third-order valence-corrected chi connectivity index (χ3v) is 5.61. The lowest BCUT2D eigenvalue weighted by atomic mass is 10.1. The van der Waals surface area contributed by atoms with E-state index in [0.717, 1.165) is 12.0 Å². The minimum Gasteiger partial charge on any atom is -0.467 e. The van der Waals surface area contributed by atoms with Crippen LogP contribution in [0.4, 0.5) is 5.69 Å². The number of carbonyl (C=O) groups is 2. The van der Waals surface area contributed by atoms with Crippen molar-refractivity contribution in [2.75, 3.05) is 11.4 Å². The Balaban J connectivity index is 1.46. The van der Waals surface area contributed by atoms with E-state index in [0.29, 0.717) is 29.6 Å². The predicted molar refractivity (Wildman–Crippen MR) is 122 cm³/mol. The van der Waals surface area contributed by atoms with Crippen LogP contribution < -0.4 is 10.2 Å². The van der Waals surface area contributed by atoms with Gasteiger partial charge in [-0.25, -0.2) is 0 Å².